The summed E-state index contributed by atoms with van der Waals surface area (Å²) in [6.07, 6.45) is 4.41. The van der Waals surface area contributed by atoms with Crippen molar-refractivity contribution in [1.29, 1.82) is 0 Å². The zero-order chi connectivity index (χ0) is 16.6. The van der Waals surface area contributed by atoms with Crippen molar-refractivity contribution in [1.82, 2.24) is 15.3 Å². The molecule has 0 unspecified atom stereocenters. The lowest BCUT2D eigenvalue weighted by Gasteiger charge is -2.24. The third-order valence-corrected chi connectivity index (χ3v) is 6.51. The largest absolute Gasteiger partial charge is 0.351 e. The van der Waals surface area contributed by atoms with Gasteiger partial charge >= 0.3 is 0 Å². The highest BCUT2D eigenvalue weighted by atomic mass is 32.2. The van der Waals surface area contributed by atoms with Gasteiger partial charge in [0.1, 0.15) is 15.7 Å². The molecule has 1 N–H and O–H groups in total. The van der Waals surface area contributed by atoms with E-state index in [2.05, 4.69) is 22.2 Å². The first-order chi connectivity index (χ1) is 10.9. The zero-order valence-electron chi connectivity index (χ0n) is 14.2. The van der Waals surface area contributed by atoms with E-state index in [1.807, 2.05) is 20.8 Å². The van der Waals surface area contributed by atoms with Gasteiger partial charge in [-0.2, -0.15) is 0 Å². The van der Waals surface area contributed by atoms with E-state index in [0.29, 0.717) is 5.75 Å². The maximum atomic E-state index is 12.2. The Bertz CT molecular complexity index is 752. The lowest BCUT2D eigenvalue weighted by atomic mass is 10.0. The average molecular weight is 350 g/mol. The van der Waals surface area contributed by atoms with Crippen LogP contribution in [0.3, 0.4) is 0 Å². The molecule has 0 atom stereocenters. The summed E-state index contributed by atoms with van der Waals surface area (Å²) in [5.74, 6) is 1.26. The highest BCUT2D eigenvalue weighted by Gasteiger charge is 2.23. The van der Waals surface area contributed by atoms with Crippen LogP contribution in [0.15, 0.2) is 5.03 Å². The molecule has 0 aliphatic heterocycles. The molecule has 0 saturated heterocycles. The Kier molecular flexibility index (Phi) is 4.65. The van der Waals surface area contributed by atoms with Crippen LogP contribution in [0, 0.1) is 6.92 Å². The fraction of sp³-hybridized carbons (Fsp3) is 0.588. The van der Waals surface area contributed by atoms with Crippen LogP contribution < -0.4 is 5.32 Å². The number of nitrogens with one attached hydrogen (secondary N) is 1. The molecule has 124 valence electrons. The van der Waals surface area contributed by atoms with E-state index in [4.69, 9.17) is 0 Å². The molecule has 0 fully saturated rings. The molecule has 1 amide bonds. The second-order valence-electron chi connectivity index (χ2n) is 6.69. The number of thioether (sulfide) groups is 1. The summed E-state index contributed by atoms with van der Waals surface area (Å²) in [5, 5.41) is 5.25. The standard InChI is InChI=1S/C17H23N3OS2/c1-5-17(3,4)20-13(21)9-22-15-14-11-7-6-8-12(11)23-16(14)19-10(2)18-15/h5-9H2,1-4H3,(H,20,21). The van der Waals surface area contributed by atoms with Crippen molar-refractivity contribution >= 4 is 39.2 Å². The first kappa shape index (κ1) is 16.7. The number of fused-ring (bicyclic) bond motifs is 3. The van der Waals surface area contributed by atoms with Crippen LogP contribution in [0.4, 0.5) is 0 Å². The van der Waals surface area contributed by atoms with Crippen LogP contribution in [0.2, 0.25) is 0 Å². The van der Waals surface area contributed by atoms with Crippen LogP contribution in [0.5, 0.6) is 0 Å². The van der Waals surface area contributed by atoms with Gasteiger partial charge in [-0.1, -0.05) is 18.7 Å². The minimum atomic E-state index is -0.155. The van der Waals surface area contributed by atoms with E-state index in [1.165, 1.54) is 34.0 Å². The Balaban J connectivity index is 1.81. The van der Waals surface area contributed by atoms with E-state index >= 15 is 0 Å². The summed E-state index contributed by atoms with van der Waals surface area (Å²) in [4.78, 5) is 24.0. The predicted octanol–water partition coefficient (Wildman–Crippen LogP) is 3.89. The molecule has 0 spiro atoms. The maximum Gasteiger partial charge on any atom is 0.230 e. The highest BCUT2D eigenvalue weighted by Crippen LogP contribution is 2.40. The van der Waals surface area contributed by atoms with Crippen LogP contribution >= 0.6 is 23.1 Å². The van der Waals surface area contributed by atoms with Gasteiger partial charge in [0.15, 0.2) is 0 Å². The summed E-state index contributed by atoms with van der Waals surface area (Å²) in [5.41, 5.74) is 1.26. The minimum absolute atomic E-state index is 0.0677. The number of amides is 1. The molecule has 0 radical (unpaired) electrons. The van der Waals surface area contributed by atoms with E-state index < -0.39 is 0 Å². The van der Waals surface area contributed by atoms with Crippen molar-refractivity contribution in [3.05, 3.63) is 16.3 Å². The van der Waals surface area contributed by atoms with Gasteiger partial charge in [-0.25, -0.2) is 9.97 Å². The summed E-state index contributed by atoms with van der Waals surface area (Å²) < 4.78 is 0. The molecule has 6 heteroatoms. The van der Waals surface area contributed by atoms with Gasteiger partial charge in [-0.05, 0) is 52.0 Å². The Labute approximate surface area is 145 Å². The average Bonchev–Trinajstić information content (AvgIpc) is 3.04. The maximum absolute atomic E-state index is 12.2. The first-order valence-corrected chi connectivity index (χ1v) is 9.92. The Hall–Kier alpha value is -1.14. The Morgan fingerprint density at radius 2 is 2.13 bits per heavy atom. The SMILES string of the molecule is CCC(C)(C)NC(=O)CSc1nc(C)nc2sc3c(c12)CCC3. The monoisotopic (exact) mass is 349 g/mol. The summed E-state index contributed by atoms with van der Waals surface area (Å²) in [7, 11) is 0. The van der Waals surface area contributed by atoms with E-state index in [-0.39, 0.29) is 11.4 Å². The van der Waals surface area contributed by atoms with Gasteiger partial charge in [0.25, 0.3) is 0 Å². The molecule has 0 bridgehead atoms. The lowest BCUT2D eigenvalue weighted by molar-refractivity contribution is -0.120. The fourth-order valence-electron chi connectivity index (χ4n) is 2.80. The number of hydrogen-bond donors (Lipinski definition) is 1. The molecular formula is C17H23N3OS2. The van der Waals surface area contributed by atoms with Crippen LogP contribution in [-0.2, 0) is 17.6 Å². The fourth-order valence-corrected chi connectivity index (χ4v) is 5.08. The van der Waals surface area contributed by atoms with E-state index in [9.17, 15) is 4.79 Å². The molecular weight excluding hydrogens is 326 g/mol. The molecule has 0 aromatic carbocycles. The molecule has 1 aliphatic rings. The van der Waals surface area contributed by atoms with E-state index in [0.717, 1.165) is 34.9 Å². The minimum Gasteiger partial charge on any atom is -0.351 e. The van der Waals surface area contributed by atoms with E-state index in [1.54, 1.807) is 11.3 Å². The molecule has 3 rings (SSSR count). The summed E-state index contributed by atoms with van der Waals surface area (Å²) >= 11 is 3.34. The topological polar surface area (TPSA) is 54.9 Å². The Morgan fingerprint density at radius 1 is 1.35 bits per heavy atom. The van der Waals surface area contributed by atoms with Gasteiger partial charge in [-0.15, -0.1) is 11.3 Å². The van der Waals surface area contributed by atoms with Gasteiger partial charge in [0, 0.05) is 15.8 Å². The summed E-state index contributed by atoms with van der Waals surface area (Å²) in [6, 6.07) is 0. The van der Waals surface area contributed by atoms with Crippen molar-refractivity contribution in [2.45, 2.75) is 63.9 Å². The Morgan fingerprint density at radius 3 is 2.87 bits per heavy atom. The molecule has 2 aromatic heterocycles. The van der Waals surface area contributed by atoms with Crippen molar-refractivity contribution < 1.29 is 4.79 Å². The number of carbonyl (C=O) groups is 1. The highest BCUT2D eigenvalue weighted by molar-refractivity contribution is 8.00. The second-order valence-corrected chi connectivity index (χ2v) is 8.74. The first-order valence-electron chi connectivity index (χ1n) is 8.12. The number of aryl methyl sites for hydroxylation is 3. The molecule has 1 aliphatic carbocycles. The molecule has 0 saturated carbocycles. The number of hydrogen-bond acceptors (Lipinski definition) is 5. The lowest BCUT2D eigenvalue weighted by Crippen LogP contribution is -2.43. The van der Waals surface area contributed by atoms with Gasteiger partial charge in [-0.3, -0.25) is 4.79 Å². The molecule has 4 nitrogen and oxygen atoms in total. The van der Waals surface area contributed by atoms with Crippen molar-refractivity contribution in [2.24, 2.45) is 0 Å². The smallest absolute Gasteiger partial charge is 0.230 e. The molecule has 2 aromatic rings. The molecule has 23 heavy (non-hydrogen) atoms. The third-order valence-electron chi connectivity index (χ3n) is 4.34. The van der Waals surface area contributed by atoms with Crippen molar-refractivity contribution in [3.63, 3.8) is 0 Å². The molecule has 2 heterocycles. The van der Waals surface area contributed by atoms with Crippen molar-refractivity contribution in [3.8, 4) is 0 Å². The summed E-state index contributed by atoms with van der Waals surface area (Å²) in [6.45, 7) is 8.11. The van der Waals surface area contributed by atoms with Crippen LogP contribution in [0.25, 0.3) is 10.2 Å². The van der Waals surface area contributed by atoms with Crippen LogP contribution in [0.1, 0.15) is 49.9 Å². The number of carbonyl (C=O) groups excluding carboxylic acids is 1. The van der Waals surface area contributed by atoms with Crippen LogP contribution in [-0.4, -0.2) is 27.2 Å². The normalized spacial score (nSPS) is 14.3. The number of aromatic nitrogens is 2. The van der Waals surface area contributed by atoms with Crippen molar-refractivity contribution in [2.75, 3.05) is 5.75 Å². The second kappa shape index (κ2) is 6.40. The number of rotatable bonds is 5. The number of thiophene rings is 1. The predicted molar refractivity (Wildman–Crippen MR) is 97.4 cm³/mol. The van der Waals surface area contributed by atoms with Gasteiger partial charge in [0.05, 0.1) is 5.75 Å². The zero-order valence-corrected chi connectivity index (χ0v) is 15.8. The third kappa shape index (κ3) is 3.53. The van der Waals surface area contributed by atoms with Gasteiger partial charge < -0.3 is 5.32 Å². The quantitative estimate of drug-likeness (QED) is 0.657. The van der Waals surface area contributed by atoms with Gasteiger partial charge in [0.2, 0.25) is 5.91 Å². The number of nitrogens with zero attached hydrogens (tertiary/aromatic N) is 2.